The standard InChI is InChI=1S/C15H24N4O/c1-2-16-12-9-13(19-14(18-12)11-3-4-11)17-10-15(5-6-15)7-8-20/h9,11,20H,2-8,10H2,1H3,(H2,16,17,18,19). The van der Waals surface area contributed by atoms with Crippen molar-refractivity contribution >= 4 is 11.6 Å². The van der Waals surface area contributed by atoms with Crippen molar-refractivity contribution < 1.29 is 5.11 Å². The second-order valence-corrected chi connectivity index (χ2v) is 6.13. The molecule has 3 N–H and O–H groups in total. The van der Waals surface area contributed by atoms with E-state index >= 15 is 0 Å². The zero-order valence-electron chi connectivity index (χ0n) is 12.2. The fourth-order valence-corrected chi connectivity index (χ4v) is 2.56. The zero-order valence-corrected chi connectivity index (χ0v) is 12.2. The predicted octanol–water partition coefficient (Wildman–Crippen LogP) is 2.36. The van der Waals surface area contributed by atoms with Gasteiger partial charge in [0.1, 0.15) is 17.5 Å². The second-order valence-electron chi connectivity index (χ2n) is 6.13. The van der Waals surface area contributed by atoms with E-state index in [-0.39, 0.29) is 6.61 Å². The molecule has 1 heterocycles. The van der Waals surface area contributed by atoms with E-state index in [0.29, 0.717) is 11.3 Å². The van der Waals surface area contributed by atoms with Crippen LogP contribution in [0.1, 0.15) is 50.8 Å². The van der Waals surface area contributed by atoms with Crippen molar-refractivity contribution in [3.8, 4) is 0 Å². The molecule has 2 aliphatic rings. The number of anilines is 2. The van der Waals surface area contributed by atoms with Crippen LogP contribution in [0.5, 0.6) is 0 Å². The Balaban J connectivity index is 1.68. The van der Waals surface area contributed by atoms with E-state index in [4.69, 9.17) is 5.11 Å². The maximum atomic E-state index is 9.11. The molecule has 0 spiro atoms. The van der Waals surface area contributed by atoms with Gasteiger partial charge in [-0.05, 0) is 44.4 Å². The van der Waals surface area contributed by atoms with Gasteiger partial charge in [-0.15, -0.1) is 0 Å². The summed E-state index contributed by atoms with van der Waals surface area (Å²) in [6, 6.07) is 1.99. The van der Waals surface area contributed by atoms with Crippen LogP contribution >= 0.6 is 0 Å². The molecule has 110 valence electrons. The minimum Gasteiger partial charge on any atom is -0.396 e. The molecule has 0 bridgehead atoms. The first-order chi connectivity index (χ1) is 9.74. The van der Waals surface area contributed by atoms with Crippen LogP contribution in [-0.4, -0.2) is 34.8 Å². The lowest BCUT2D eigenvalue weighted by Gasteiger charge is -2.16. The van der Waals surface area contributed by atoms with Gasteiger partial charge >= 0.3 is 0 Å². The topological polar surface area (TPSA) is 70.1 Å². The summed E-state index contributed by atoms with van der Waals surface area (Å²) >= 11 is 0. The first-order valence-corrected chi connectivity index (χ1v) is 7.72. The highest BCUT2D eigenvalue weighted by molar-refractivity contribution is 5.48. The van der Waals surface area contributed by atoms with Gasteiger partial charge in [0, 0.05) is 31.7 Å². The van der Waals surface area contributed by atoms with Crippen LogP contribution in [0.25, 0.3) is 0 Å². The zero-order chi connectivity index (χ0) is 14.0. The Bertz CT molecular complexity index is 469. The second kappa shape index (κ2) is 5.56. The molecule has 5 heteroatoms. The number of rotatable bonds is 8. The minimum atomic E-state index is 0.279. The van der Waals surface area contributed by atoms with Gasteiger partial charge in [0.05, 0.1) is 0 Å². The Labute approximate surface area is 120 Å². The van der Waals surface area contributed by atoms with Gasteiger partial charge in [0.25, 0.3) is 0 Å². The summed E-state index contributed by atoms with van der Waals surface area (Å²) in [6.45, 7) is 4.13. The Kier molecular flexibility index (Phi) is 3.78. The van der Waals surface area contributed by atoms with Gasteiger partial charge in [-0.3, -0.25) is 0 Å². The van der Waals surface area contributed by atoms with Crippen molar-refractivity contribution in [3.05, 3.63) is 11.9 Å². The largest absolute Gasteiger partial charge is 0.396 e. The molecule has 2 aliphatic carbocycles. The Morgan fingerprint density at radius 1 is 1.25 bits per heavy atom. The van der Waals surface area contributed by atoms with Crippen LogP contribution in [0, 0.1) is 5.41 Å². The van der Waals surface area contributed by atoms with Crippen LogP contribution < -0.4 is 10.6 Å². The number of nitrogens with one attached hydrogen (secondary N) is 2. The third-order valence-corrected chi connectivity index (χ3v) is 4.29. The molecule has 5 nitrogen and oxygen atoms in total. The fraction of sp³-hybridized carbons (Fsp3) is 0.733. The fourth-order valence-electron chi connectivity index (χ4n) is 2.56. The van der Waals surface area contributed by atoms with E-state index in [1.165, 1.54) is 25.7 Å². The number of aliphatic hydroxyl groups is 1. The van der Waals surface area contributed by atoms with Gasteiger partial charge in [-0.2, -0.15) is 0 Å². The summed E-state index contributed by atoms with van der Waals surface area (Å²) in [5, 5.41) is 15.8. The van der Waals surface area contributed by atoms with Crippen LogP contribution in [0.4, 0.5) is 11.6 Å². The molecule has 1 aromatic rings. The smallest absolute Gasteiger partial charge is 0.136 e. The maximum Gasteiger partial charge on any atom is 0.136 e. The average molecular weight is 276 g/mol. The quantitative estimate of drug-likeness (QED) is 0.680. The van der Waals surface area contributed by atoms with Crippen molar-refractivity contribution in [1.82, 2.24) is 9.97 Å². The molecule has 0 unspecified atom stereocenters. The van der Waals surface area contributed by atoms with Crippen molar-refractivity contribution in [2.24, 2.45) is 5.41 Å². The monoisotopic (exact) mass is 276 g/mol. The first kappa shape index (κ1) is 13.6. The van der Waals surface area contributed by atoms with Crippen LogP contribution in [0.15, 0.2) is 6.07 Å². The molecule has 0 aliphatic heterocycles. The number of hydrogen-bond donors (Lipinski definition) is 3. The van der Waals surface area contributed by atoms with Gasteiger partial charge < -0.3 is 15.7 Å². The summed E-state index contributed by atoms with van der Waals surface area (Å²) in [5.74, 6) is 3.36. The molecule has 0 amide bonds. The number of nitrogens with zero attached hydrogens (tertiary/aromatic N) is 2. The molecular formula is C15H24N4O. The normalized spacial score (nSPS) is 19.7. The Hall–Kier alpha value is -1.36. The summed E-state index contributed by atoms with van der Waals surface area (Å²) in [4.78, 5) is 9.22. The molecule has 0 atom stereocenters. The van der Waals surface area contributed by atoms with Crippen LogP contribution in [0.3, 0.4) is 0 Å². The van der Waals surface area contributed by atoms with Crippen molar-refractivity contribution in [2.75, 3.05) is 30.3 Å². The highest BCUT2D eigenvalue weighted by atomic mass is 16.3. The van der Waals surface area contributed by atoms with Gasteiger partial charge in [0.2, 0.25) is 0 Å². The van der Waals surface area contributed by atoms with Crippen LogP contribution in [0.2, 0.25) is 0 Å². The van der Waals surface area contributed by atoms with E-state index in [2.05, 4.69) is 27.5 Å². The van der Waals surface area contributed by atoms with Gasteiger partial charge in [-0.25, -0.2) is 9.97 Å². The van der Waals surface area contributed by atoms with E-state index in [1.807, 2.05) is 6.07 Å². The molecule has 2 saturated carbocycles. The highest BCUT2D eigenvalue weighted by Crippen LogP contribution is 2.48. The summed E-state index contributed by atoms with van der Waals surface area (Å²) < 4.78 is 0. The van der Waals surface area contributed by atoms with Gasteiger partial charge in [0.15, 0.2) is 0 Å². The molecule has 20 heavy (non-hydrogen) atoms. The number of hydrogen-bond acceptors (Lipinski definition) is 5. The Morgan fingerprint density at radius 2 is 1.95 bits per heavy atom. The number of aliphatic hydroxyl groups excluding tert-OH is 1. The van der Waals surface area contributed by atoms with Gasteiger partial charge in [-0.1, -0.05) is 0 Å². The SMILES string of the molecule is CCNc1cc(NCC2(CCO)CC2)nc(C2CC2)n1. The van der Waals surface area contributed by atoms with Crippen molar-refractivity contribution in [3.63, 3.8) is 0 Å². The number of aromatic nitrogens is 2. The molecule has 0 saturated heterocycles. The molecule has 3 rings (SSSR count). The van der Waals surface area contributed by atoms with E-state index in [0.717, 1.165) is 37.0 Å². The lowest BCUT2D eigenvalue weighted by Crippen LogP contribution is -2.18. The first-order valence-electron chi connectivity index (χ1n) is 7.72. The van der Waals surface area contributed by atoms with E-state index in [9.17, 15) is 0 Å². The summed E-state index contributed by atoms with van der Waals surface area (Å²) in [5.41, 5.74) is 0.303. The highest BCUT2D eigenvalue weighted by Gasteiger charge is 2.41. The van der Waals surface area contributed by atoms with Crippen LogP contribution in [-0.2, 0) is 0 Å². The minimum absolute atomic E-state index is 0.279. The Morgan fingerprint density at radius 3 is 2.50 bits per heavy atom. The molecule has 0 aromatic carbocycles. The van der Waals surface area contributed by atoms with Crippen molar-refractivity contribution in [2.45, 2.75) is 44.9 Å². The molecular weight excluding hydrogens is 252 g/mol. The van der Waals surface area contributed by atoms with E-state index < -0.39 is 0 Å². The summed E-state index contributed by atoms with van der Waals surface area (Å²) in [6.07, 6.45) is 5.73. The molecule has 1 aromatic heterocycles. The maximum absolute atomic E-state index is 9.11. The molecule has 2 fully saturated rings. The predicted molar refractivity (Wildman–Crippen MR) is 80.0 cm³/mol. The third-order valence-electron chi connectivity index (χ3n) is 4.29. The lowest BCUT2D eigenvalue weighted by atomic mass is 10.0. The third kappa shape index (κ3) is 3.20. The van der Waals surface area contributed by atoms with Crippen molar-refractivity contribution in [1.29, 1.82) is 0 Å². The molecule has 0 radical (unpaired) electrons. The van der Waals surface area contributed by atoms with E-state index in [1.54, 1.807) is 0 Å². The average Bonchev–Trinajstić information content (AvgIpc) is 3.32. The lowest BCUT2D eigenvalue weighted by molar-refractivity contribution is 0.253. The summed E-state index contributed by atoms with van der Waals surface area (Å²) in [7, 11) is 0.